The van der Waals surface area contributed by atoms with Gasteiger partial charge in [-0.25, -0.2) is 4.79 Å². The lowest BCUT2D eigenvalue weighted by molar-refractivity contribution is -0.0512. The summed E-state index contributed by atoms with van der Waals surface area (Å²) < 4.78 is 36.7. The summed E-state index contributed by atoms with van der Waals surface area (Å²) in [6.45, 7) is -2.94. The molecule has 0 aliphatic heterocycles. The summed E-state index contributed by atoms with van der Waals surface area (Å²) in [7, 11) is 1.33. The average Bonchev–Trinajstić information content (AvgIpc) is 3.37. The zero-order chi connectivity index (χ0) is 17.3. The highest BCUT2D eigenvalue weighted by Gasteiger charge is 2.25. The van der Waals surface area contributed by atoms with Gasteiger partial charge in [-0.15, -0.1) is 0 Å². The van der Waals surface area contributed by atoms with Gasteiger partial charge in [-0.1, -0.05) is 6.07 Å². The van der Waals surface area contributed by atoms with E-state index < -0.39 is 12.2 Å². The van der Waals surface area contributed by atoms with Crippen LogP contribution in [0.3, 0.4) is 0 Å². The van der Waals surface area contributed by atoms with Crippen molar-refractivity contribution in [2.45, 2.75) is 32.0 Å². The molecule has 2 aromatic rings. The maximum Gasteiger partial charge on any atom is 0.387 e. The number of alkyl halides is 2. The van der Waals surface area contributed by atoms with Crippen LogP contribution >= 0.6 is 0 Å². The highest BCUT2D eigenvalue weighted by atomic mass is 19.3. The van der Waals surface area contributed by atoms with E-state index in [0.717, 1.165) is 17.4 Å². The molecule has 0 atom stereocenters. The molecule has 1 fully saturated rings. The van der Waals surface area contributed by atoms with Crippen LogP contribution < -0.4 is 20.7 Å². The Labute approximate surface area is 135 Å². The third-order valence-electron chi connectivity index (χ3n) is 3.82. The minimum atomic E-state index is -2.97. The topological polar surface area (TPSA) is 62.5 Å². The van der Waals surface area contributed by atoms with Crippen molar-refractivity contribution < 1.29 is 18.3 Å². The SMILES string of the molecule is COc1cc(Cn2c(=O)ccn(C3CC3)c2=O)ccc1OC(F)F. The van der Waals surface area contributed by atoms with Crippen LogP contribution in [-0.2, 0) is 6.54 Å². The molecule has 3 rings (SSSR count). The fraction of sp³-hybridized carbons (Fsp3) is 0.375. The fourth-order valence-electron chi connectivity index (χ4n) is 2.49. The van der Waals surface area contributed by atoms with E-state index in [1.54, 1.807) is 4.57 Å². The van der Waals surface area contributed by atoms with E-state index in [4.69, 9.17) is 4.74 Å². The highest BCUT2D eigenvalue weighted by molar-refractivity contribution is 5.43. The van der Waals surface area contributed by atoms with Crippen LogP contribution in [0.2, 0.25) is 0 Å². The Bertz CT molecular complexity index is 856. The fourth-order valence-corrected chi connectivity index (χ4v) is 2.49. The molecule has 0 amide bonds. The normalized spacial score (nSPS) is 14.0. The number of methoxy groups -OCH3 is 1. The molecule has 1 aromatic carbocycles. The molecule has 0 spiro atoms. The van der Waals surface area contributed by atoms with Crippen molar-refractivity contribution in [3.05, 3.63) is 56.9 Å². The summed E-state index contributed by atoms with van der Waals surface area (Å²) in [6, 6.07) is 5.82. The van der Waals surface area contributed by atoms with Gasteiger partial charge in [-0.05, 0) is 30.5 Å². The third kappa shape index (κ3) is 3.32. The summed E-state index contributed by atoms with van der Waals surface area (Å²) in [4.78, 5) is 24.4. The molecule has 1 aromatic heterocycles. The first-order valence-corrected chi connectivity index (χ1v) is 7.43. The molecule has 0 bridgehead atoms. The summed E-state index contributed by atoms with van der Waals surface area (Å²) in [6.07, 6.45) is 3.36. The Balaban J connectivity index is 1.93. The number of ether oxygens (including phenoxy) is 2. The number of aromatic nitrogens is 2. The van der Waals surface area contributed by atoms with Gasteiger partial charge in [0.25, 0.3) is 5.56 Å². The zero-order valence-corrected chi connectivity index (χ0v) is 12.9. The first kappa shape index (κ1) is 16.2. The van der Waals surface area contributed by atoms with Gasteiger partial charge in [0.1, 0.15) is 0 Å². The van der Waals surface area contributed by atoms with Crippen molar-refractivity contribution >= 4 is 0 Å². The molecule has 24 heavy (non-hydrogen) atoms. The van der Waals surface area contributed by atoms with Crippen molar-refractivity contribution in [3.8, 4) is 11.5 Å². The second kappa shape index (κ2) is 6.46. The van der Waals surface area contributed by atoms with Gasteiger partial charge in [-0.2, -0.15) is 8.78 Å². The van der Waals surface area contributed by atoms with Crippen LogP contribution in [0.5, 0.6) is 11.5 Å². The number of nitrogens with zero attached hydrogens (tertiary/aromatic N) is 2. The lowest BCUT2D eigenvalue weighted by Crippen LogP contribution is -2.38. The smallest absolute Gasteiger partial charge is 0.387 e. The van der Waals surface area contributed by atoms with E-state index in [1.165, 1.54) is 37.6 Å². The molecular weight excluding hydrogens is 322 g/mol. The first-order chi connectivity index (χ1) is 11.5. The number of hydrogen-bond donors (Lipinski definition) is 0. The summed E-state index contributed by atoms with van der Waals surface area (Å²) in [5.41, 5.74) is -0.220. The highest BCUT2D eigenvalue weighted by Crippen LogP contribution is 2.33. The predicted octanol–water partition coefficient (Wildman–Crippen LogP) is 2.00. The van der Waals surface area contributed by atoms with E-state index in [1.807, 2.05) is 0 Å². The minimum absolute atomic E-state index is 0.0244. The molecule has 1 aliphatic carbocycles. The van der Waals surface area contributed by atoms with Crippen molar-refractivity contribution in [2.75, 3.05) is 7.11 Å². The number of benzene rings is 1. The van der Waals surface area contributed by atoms with Crippen molar-refractivity contribution in [2.24, 2.45) is 0 Å². The standard InChI is InChI=1S/C16H16F2N2O4/c1-23-13-8-10(2-5-12(13)24-15(17)18)9-20-14(21)6-7-19(16(20)22)11-3-4-11/h2,5-8,11,15H,3-4,9H2,1H3. The van der Waals surface area contributed by atoms with Gasteiger partial charge >= 0.3 is 12.3 Å². The molecule has 0 radical (unpaired) electrons. The van der Waals surface area contributed by atoms with Crippen LogP contribution in [0.15, 0.2) is 40.1 Å². The van der Waals surface area contributed by atoms with E-state index in [9.17, 15) is 18.4 Å². The number of rotatable bonds is 6. The van der Waals surface area contributed by atoms with E-state index in [2.05, 4.69) is 4.74 Å². The number of halogens is 2. The predicted molar refractivity (Wildman–Crippen MR) is 82.0 cm³/mol. The summed E-state index contributed by atoms with van der Waals surface area (Å²) in [5, 5.41) is 0. The molecular formula is C16H16F2N2O4. The Morgan fingerprint density at radius 1 is 1.21 bits per heavy atom. The average molecular weight is 338 g/mol. The second-order valence-electron chi connectivity index (χ2n) is 5.52. The molecule has 6 nitrogen and oxygen atoms in total. The van der Waals surface area contributed by atoms with Crippen molar-refractivity contribution in [3.63, 3.8) is 0 Å². The molecule has 128 valence electrons. The van der Waals surface area contributed by atoms with Crippen LogP contribution in [0.4, 0.5) is 8.78 Å². The second-order valence-corrected chi connectivity index (χ2v) is 5.52. The van der Waals surface area contributed by atoms with E-state index >= 15 is 0 Å². The van der Waals surface area contributed by atoms with Crippen LogP contribution in [0.1, 0.15) is 24.4 Å². The van der Waals surface area contributed by atoms with Crippen LogP contribution in [0.25, 0.3) is 0 Å². The molecule has 0 unspecified atom stereocenters. The van der Waals surface area contributed by atoms with Crippen molar-refractivity contribution in [1.82, 2.24) is 9.13 Å². The lowest BCUT2D eigenvalue weighted by Gasteiger charge is -2.13. The largest absolute Gasteiger partial charge is 0.493 e. The van der Waals surface area contributed by atoms with E-state index in [0.29, 0.717) is 5.56 Å². The van der Waals surface area contributed by atoms with Crippen LogP contribution in [-0.4, -0.2) is 22.9 Å². The molecule has 1 aliphatic rings. The Hall–Kier alpha value is -2.64. The minimum Gasteiger partial charge on any atom is -0.493 e. The van der Waals surface area contributed by atoms with Gasteiger partial charge < -0.3 is 9.47 Å². The van der Waals surface area contributed by atoms with Gasteiger partial charge in [0.15, 0.2) is 11.5 Å². The first-order valence-electron chi connectivity index (χ1n) is 7.43. The number of hydrogen-bond acceptors (Lipinski definition) is 4. The monoisotopic (exact) mass is 338 g/mol. The molecule has 0 N–H and O–H groups in total. The maximum atomic E-state index is 12.4. The third-order valence-corrected chi connectivity index (χ3v) is 3.82. The zero-order valence-electron chi connectivity index (χ0n) is 12.9. The maximum absolute atomic E-state index is 12.4. The van der Waals surface area contributed by atoms with Crippen LogP contribution in [0, 0.1) is 0 Å². The Morgan fingerprint density at radius 3 is 2.58 bits per heavy atom. The molecule has 1 heterocycles. The van der Waals surface area contributed by atoms with Gasteiger partial charge in [0, 0.05) is 18.3 Å². The molecule has 1 saturated carbocycles. The molecule has 0 saturated heterocycles. The summed E-state index contributed by atoms with van der Waals surface area (Å²) >= 11 is 0. The Kier molecular flexibility index (Phi) is 4.37. The van der Waals surface area contributed by atoms with Gasteiger partial charge in [-0.3, -0.25) is 13.9 Å². The Morgan fingerprint density at radius 2 is 1.96 bits per heavy atom. The summed E-state index contributed by atoms with van der Waals surface area (Å²) in [5.74, 6) is 0.00588. The quantitative estimate of drug-likeness (QED) is 0.808. The van der Waals surface area contributed by atoms with Crippen molar-refractivity contribution in [1.29, 1.82) is 0 Å². The van der Waals surface area contributed by atoms with Gasteiger partial charge in [0.2, 0.25) is 0 Å². The lowest BCUT2D eigenvalue weighted by atomic mass is 10.2. The van der Waals surface area contributed by atoms with E-state index in [-0.39, 0.29) is 29.8 Å². The van der Waals surface area contributed by atoms with Gasteiger partial charge in [0.05, 0.1) is 13.7 Å². The molecule has 8 heteroatoms.